The van der Waals surface area contributed by atoms with Crippen LogP contribution in [0.3, 0.4) is 0 Å². The van der Waals surface area contributed by atoms with Crippen LogP contribution in [0, 0.1) is 5.92 Å². The quantitative estimate of drug-likeness (QED) is 0.779. The van der Waals surface area contributed by atoms with Crippen molar-refractivity contribution in [2.75, 3.05) is 26.2 Å². The summed E-state index contributed by atoms with van der Waals surface area (Å²) in [6, 6.07) is 0. The van der Waals surface area contributed by atoms with E-state index < -0.39 is 24.7 Å². The maximum absolute atomic E-state index is 12.5. The number of nitrogens with zero attached hydrogens (tertiary/aromatic N) is 1. The van der Waals surface area contributed by atoms with Crippen molar-refractivity contribution in [3.8, 4) is 0 Å². The Morgan fingerprint density at radius 3 is 2.61 bits per heavy atom. The number of aliphatic hydroxyl groups is 1. The SMILES string of the molecule is O=C(CNCC1CC1)N1CCC(O)(C(F)(F)F)C1. The van der Waals surface area contributed by atoms with Gasteiger partial charge in [0.15, 0.2) is 5.60 Å². The molecule has 2 aliphatic rings. The van der Waals surface area contributed by atoms with Gasteiger partial charge in [0.1, 0.15) is 0 Å². The highest BCUT2D eigenvalue weighted by atomic mass is 19.4. The Labute approximate surface area is 103 Å². The summed E-state index contributed by atoms with van der Waals surface area (Å²) in [6.07, 6.45) is -2.81. The number of hydrogen-bond donors (Lipinski definition) is 2. The third-order valence-corrected chi connectivity index (χ3v) is 3.53. The maximum Gasteiger partial charge on any atom is 0.419 e. The van der Waals surface area contributed by atoms with Gasteiger partial charge in [0.25, 0.3) is 0 Å². The molecule has 1 saturated carbocycles. The molecule has 4 nitrogen and oxygen atoms in total. The van der Waals surface area contributed by atoms with Gasteiger partial charge >= 0.3 is 6.18 Å². The van der Waals surface area contributed by atoms with Crippen LogP contribution in [-0.4, -0.2) is 53.9 Å². The van der Waals surface area contributed by atoms with E-state index in [1.54, 1.807) is 0 Å². The number of amides is 1. The van der Waals surface area contributed by atoms with Crippen molar-refractivity contribution in [3.05, 3.63) is 0 Å². The first-order chi connectivity index (χ1) is 8.32. The topological polar surface area (TPSA) is 52.6 Å². The summed E-state index contributed by atoms with van der Waals surface area (Å²) in [5.74, 6) is 0.235. The zero-order valence-corrected chi connectivity index (χ0v) is 9.96. The number of carbonyl (C=O) groups excluding carboxylic acids is 1. The largest absolute Gasteiger partial charge is 0.419 e. The summed E-state index contributed by atoms with van der Waals surface area (Å²) in [6.45, 7) is 0.0912. The van der Waals surface area contributed by atoms with E-state index in [-0.39, 0.29) is 19.0 Å². The number of halogens is 3. The van der Waals surface area contributed by atoms with Crippen LogP contribution in [0.4, 0.5) is 13.2 Å². The first-order valence-corrected chi connectivity index (χ1v) is 6.09. The second kappa shape index (κ2) is 4.70. The van der Waals surface area contributed by atoms with Crippen molar-refractivity contribution >= 4 is 5.91 Å². The lowest BCUT2D eigenvalue weighted by atomic mass is 10.0. The highest BCUT2D eigenvalue weighted by Crippen LogP contribution is 2.37. The minimum absolute atomic E-state index is 0.0417. The summed E-state index contributed by atoms with van der Waals surface area (Å²) in [7, 11) is 0. The average Bonchev–Trinajstić information content (AvgIpc) is 2.98. The van der Waals surface area contributed by atoms with Crippen LogP contribution < -0.4 is 5.32 Å². The number of nitrogens with one attached hydrogen (secondary N) is 1. The van der Waals surface area contributed by atoms with E-state index in [0.29, 0.717) is 5.92 Å². The molecule has 0 aromatic heterocycles. The standard InChI is InChI=1S/C11H17F3N2O2/c12-11(13,14)10(18)3-4-16(7-10)9(17)6-15-5-8-1-2-8/h8,15,18H,1-7H2. The van der Waals surface area contributed by atoms with Crippen LogP contribution in [0.25, 0.3) is 0 Å². The van der Waals surface area contributed by atoms with Crippen molar-refractivity contribution in [1.29, 1.82) is 0 Å². The number of hydrogen-bond acceptors (Lipinski definition) is 3. The highest BCUT2D eigenvalue weighted by Gasteiger charge is 2.57. The molecule has 1 aliphatic heterocycles. The van der Waals surface area contributed by atoms with Gasteiger partial charge in [-0.3, -0.25) is 4.79 Å². The van der Waals surface area contributed by atoms with Gasteiger partial charge in [-0.05, 0) is 25.3 Å². The van der Waals surface area contributed by atoms with Crippen LogP contribution >= 0.6 is 0 Å². The minimum Gasteiger partial charge on any atom is -0.379 e. The second-order valence-electron chi connectivity index (χ2n) is 5.17. The molecule has 104 valence electrons. The fourth-order valence-corrected chi connectivity index (χ4v) is 2.06. The smallest absolute Gasteiger partial charge is 0.379 e. The van der Waals surface area contributed by atoms with E-state index in [4.69, 9.17) is 0 Å². The Morgan fingerprint density at radius 2 is 2.11 bits per heavy atom. The molecule has 1 heterocycles. The van der Waals surface area contributed by atoms with E-state index in [1.807, 2.05) is 0 Å². The van der Waals surface area contributed by atoms with Crippen LogP contribution in [0.1, 0.15) is 19.3 Å². The first kappa shape index (κ1) is 13.6. The second-order valence-corrected chi connectivity index (χ2v) is 5.17. The monoisotopic (exact) mass is 266 g/mol. The molecule has 1 atom stereocenters. The summed E-state index contributed by atoms with van der Waals surface area (Å²) >= 11 is 0. The summed E-state index contributed by atoms with van der Waals surface area (Å²) in [4.78, 5) is 12.7. The van der Waals surface area contributed by atoms with Crippen molar-refractivity contribution in [2.24, 2.45) is 5.92 Å². The molecular weight excluding hydrogens is 249 g/mol. The van der Waals surface area contributed by atoms with Gasteiger partial charge < -0.3 is 15.3 Å². The normalized spacial score (nSPS) is 28.8. The molecule has 0 spiro atoms. The Morgan fingerprint density at radius 1 is 1.44 bits per heavy atom. The van der Waals surface area contributed by atoms with Gasteiger partial charge in [0.05, 0.1) is 13.1 Å². The third-order valence-electron chi connectivity index (χ3n) is 3.53. The predicted octanol–water partition coefficient (Wildman–Crippen LogP) is 0.512. The Balaban J connectivity index is 1.78. The lowest BCUT2D eigenvalue weighted by Crippen LogP contribution is -2.48. The molecule has 0 radical (unpaired) electrons. The van der Waals surface area contributed by atoms with Gasteiger partial charge in [0, 0.05) is 13.0 Å². The average molecular weight is 266 g/mol. The first-order valence-electron chi connectivity index (χ1n) is 6.09. The molecule has 1 saturated heterocycles. The van der Waals surface area contributed by atoms with Gasteiger partial charge in [-0.1, -0.05) is 0 Å². The fourth-order valence-electron chi connectivity index (χ4n) is 2.06. The zero-order valence-electron chi connectivity index (χ0n) is 9.96. The zero-order chi connectivity index (χ0) is 13.4. The summed E-state index contributed by atoms with van der Waals surface area (Å²) in [5.41, 5.74) is -2.74. The molecule has 2 N–H and O–H groups in total. The molecule has 2 rings (SSSR count). The summed E-state index contributed by atoms with van der Waals surface area (Å²) < 4.78 is 37.6. The Bertz CT molecular complexity index is 331. The molecule has 1 unspecified atom stereocenters. The number of carbonyl (C=O) groups is 1. The van der Waals surface area contributed by atoms with Crippen molar-refractivity contribution in [1.82, 2.24) is 10.2 Å². The van der Waals surface area contributed by atoms with Crippen LogP contribution in [0.5, 0.6) is 0 Å². The number of β-amino-alcohol motifs (C(OH)–C–C–N with tert-alkyl or cyclic N) is 1. The fraction of sp³-hybridized carbons (Fsp3) is 0.909. The molecule has 1 aliphatic carbocycles. The van der Waals surface area contributed by atoms with Gasteiger partial charge in [-0.2, -0.15) is 13.2 Å². The van der Waals surface area contributed by atoms with Crippen LogP contribution in [0.2, 0.25) is 0 Å². The molecule has 1 amide bonds. The molecule has 0 aromatic carbocycles. The predicted molar refractivity (Wildman–Crippen MR) is 57.8 cm³/mol. The van der Waals surface area contributed by atoms with Crippen molar-refractivity contribution in [2.45, 2.75) is 31.0 Å². The van der Waals surface area contributed by atoms with E-state index in [0.717, 1.165) is 24.3 Å². The maximum atomic E-state index is 12.5. The van der Waals surface area contributed by atoms with Gasteiger partial charge in [-0.15, -0.1) is 0 Å². The van der Waals surface area contributed by atoms with E-state index in [1.165, 1.54) is 0 Å². The van der Waals surface area contributed by atoms with E-state index >= 15 is 0 Å². The number of likely N-dealkylation sites (tertiary alicyclic amines) is 1. The van der Waals surface area contributed by atoms with Gasteiger partial charge in [0.2, 0.25) is 5.91 Å². The number of rotatable bonds is 4. The van der Waals surface area contributed by atoms with E-state index in [2.05, 4.69) is 5.32 Å². The summed E-state index contributed by atoms with van der Waals surface area (Å²) in [5, 5.41) is 12.4. The van der Waals surface area contributed by atoms with Crippen LogP contribution in [0.15, 0.2) is 0 Å². The Kier molecular flexibility index (Phi) is 3.55. The molecular formula is C11H17F3N2O2. The molecule has 2 fully saturated rings. The van der Waals surface area contributed by atoms with Crippen LogP contribution in [-0.2, 0) is 4.79 Å². The minimum atomic E-state index is -4.68. The van der Waals surface area contributed by atoms with Crippen molar-refractivity contribution in [3.63, 3.8) is 0 Å². The Hall–Kier alpha value is -0.820. The third kappa shape index (κ3) is 2.95. The number of alkyl halides is 3. The lowest BCUT2D eigenvalue weighted by Gasteiger charge is -2.25. The van der Waals surface area contributed by atoms with E-state index in [9.17, 15) is 23.1 Å². The highest BCUT2D eigenvalue weighted by molar-refractivity contribution is 5.78. The molecule has 0 bridgehead atoms. The van der Waals surface area contributed by atoms with Gasteiger partial charge in [-0.25, -0.2) is 0 Å². The lowest BCUT2D eigenvalue weighted by molar-refractivity contribution is -0.253. The molecule has 7 heteroatoms. The molecule has 18 heavy (non-hydrogen) atoms. The van der Waals surface area contributed by atoms with Crippen molar-refractivity contribution < 1.29 is 23.1 Å². The molecule has 0 aromatic rings.